The number of benzene rings is 1. The lowest BCUT2D eigenvalue weighted by Crippen LogP contribution is -2.26. The molecule has 0 fully saturated rings. The topological polar surface area (TPSA) is 38.7 Å². The highest BCUT2D eigenvalue weighted by Gasteiger charge is 2.45. The van der Waals surface area contributed by atoms with Crippen LogP contribution in [0.15, 0.2) is 16.6 Å². The summed E-state index contributed by atoms with van der Waals surface area (Å²) in [7, 11) is 0. The normalized spacial score (nSPS) is 18.2. The summed E-state index contributed by atoms with van der Waals surface area (Å²) in [6.07, 6.45) is -3.33. The quantitative estimate of drug-likeness (QED) is 0.927. The van der Waals surface area contributed by atoms with E-state index in [1.807, 2.05) is 6.92 Å². The molecule has 0 saturated carbocycles. The van der Waals surface area contributed by atoms with Crippen molar-refractivity contribution in [2.24, 2.45) is 0 Å². The third kappa shape index (κ3) is 2.37. The molecule has 0 bridgehead atoms. The molecule has 1 atom stereocenters. The molecule has 94 valence electrons. The van der Waals surface area contributed by atoms with Crippen LogP contribution in [0, 0.1) is 0 Å². The fourth-order valence-corrected chi connectivity index (χ4v) is 2.31. The van der Waals surface area contributed by atoms with Gasteiger partial charge in [-0.2, -0.15) is 0 Å². The molecule has 0 aliphatic carbocycles. The Bertz CT molecular complexity index is 437. The van der Waals surface area contributed by atoms with Crippen molar-refractivity contribution in [3.8, 4) is 11.5 Å². The number of aliphatic hydroxyl groups is 1. The summed E-state index contributed by atoms with van der Waals surface area (Å²) < 4.78 is 35.2. The summed E-state index contributed by atoms with van der Waals surface area (Å²) >= 11 is 3.22. The molecule has 1 aromatic rings. The lowest BCUT2D eigenvalue weighted by atomic mass is 10.0. The van der Waals surface area contributed by atoms with Gasteiger partial charge in [-0.3, -0.25) is 0 Å². The van der Waals surface area contributed by atoms with Crippen molar-refractivity contribution in [2.45, 2.75) is 32.2 Å². The fourth-order valence-electron chi connectivity index (χ4n) is 1.74. The summed E-state index contributed by atoms with van der Waals surface area (Å²) in [4.78, 5) is 0. The smallest absolute Gasteiger partial charge is 0.395 e. The van der Waals surface area contributed by atoms with Gasteiger partial charge in [-0.05, 0) is 18.6 Å². The van der Waals surface area contributed by atoms with Gasteiger partial charge in [0.2, 0.25) is 0 Å². The van der Waals surface area contributed by atoms with Gasteiger partial charge in [-0.15, -0.1) is 8.78 Å². The van der Waals surface area contributed by atoms with Crippen LogP contribution in [0.5, 0.6) is 11.5 Å². The Morgan fingerprint density at radius 3 is 2.76 bits per heavy atom. The molecule has 3 nitrogen and oxygen atoms in total. The average Bonchev–Trinajstić information content (AvgIpc) is 2.52. The van der Waals surface area contributed by atoms with Gasteiger partial charge in [0.05, 0.1) is 6.10 Å². The number of hydrogen-bond acceptors (Lipinski definition) is 3. The summed E-state index contributed by atoms with van der Waals surface area (Å²) in [5, 5.41) is 9.93. The molecule has 6 heteroatoms. The molecule has 0 aromatic heterocycles. The Labute approximate surface area is 105 Å². The number of ether oxygens (including phenoxy) is 2. The summed E-state index contributed by atoms with van der Waals surface area (Å²) in [6, 6.07) is 2.93. The van der Waals surface area contributed by atoms with Gasteiger partial charge >= 0.3 is 6.29 Å². The second kappa shape index (κ2) is 4.42. The van der Waals surface area contributed by atoms with E-state index in [1.165, 1.54) is 6.07 Å². The van der Waals surface area contributed by atoms with Crippen molar-refractivity contribution in [3.05, 3.63) is 22.2 Å². The molecule has 0 amide bonds. The van der Waals surface area contributed by atoms with Gasteiger partial charge in [0.25, 0.3) is 0 Å². The van der Waals surface area contributed by atoms with E-state index < -0.39 is 12.4 Å². The third-order valence-electron chi connectivity index (χ3n) is 2.45. The van der Waals surface area contributed by atoms with Gasteiger partial charge in [0.15, 0.2) is 11.5 Å². The highest BCUT2D eigenvalue weighted by atomic mass is 79.9. The van der Waals surface area contributed by atoms with E-state index in [4.69, 9.17) is 0 Å². The van der Waals surface area contributed by atoms with E-state index in [9.17, 15) is 13.9 Å². The molecule has 1 unspecified atom stereocenters. The standard InChI is InChI=1S/C11H11BrF2O3/c1-2-3-7(15)9-6(12)4-5-8-10(9)17-11(13,14)16-8/h4-5,7,15H,2-3H2,1H3. The molecule has 2 rings (SSSR count). The Hall–Kier alpha value is -0.880. The van der Waals surface area contributed by atoms with E-state index in [0.29, 0.717) is 16.5 Å². The van der Waals surface area contributed by atoms with Crippen molar-refractivity contribution in [2.75, 3.05) is 0 Å². The van der Waals surface area contributed by atoms with Gasteiger partial charge in [0, 0.05) is 10.0 Å². The van der Waals surface area contributed by atoms with Crippen molar-refractivity contribution < 1.29 is 23.4 Å². The molecule has 1 heterocycles. The average molecular weight is 309 g/mol. The van der Waals surface area contributed by atoms with Crippen LogP contribution < -0.4 is 9.47 Å². The van der Waals surface area contributed by atoms with E-state index in [0.717, 1.165) is 6.42 Å². The monoisotopic (exact) mass is 308 g/mol. The second-order valence-corrected chi connectivity index (χ2v) is 4.61. The highest BCUT2D eigenvalue weighted by Crippen LogP contribution is 2.48. The molecule has 1 N–H and O–H groups in total. The Morgan fingerprint density at radius 2 is 2.12 bits per heavy atom. The number of aliphatic hydroxyl groups excluding tert-OH is 1. The molecule has 0 saturated heterocycles. The number of hydrogen-bond donors (Lipinski definition) is 1. The zero-order valence-corrected chi connectivity index (χ0v) is 10.6. The minimum atomic E-state index is -3.66. The van der Waals surface area contributed by atoms with Crippen LogP contribution in [0.1, 0.15) is 31.4 Å². The van der Waals surface area contributed by atoms with Crippen LogP contribution in [0.25, 0.3) is 0 Å². The maximum Gasteiger partial charge on any atom is 0.586 e. The van der Waals surface area contributed by atoms with Gasteiger partial charge in [-0.25, -0.2) is 0 Å². The predicted octanol–water partition coefficient (Wildman–Crippen LogP) is 3.60. The lowest BCUT2D eigenvalue weighted by molar-refractivity contribution is -0.287. The number of fused-ring (bicyclic) bond motifs is 1. The first-order valence-corrected chi connectivity index (χ1v) is 6.00. The van der Waals surface area contributed by atoms with Crippen molar-refractivity contribution in [3.63, 3.8) is 0 Å². The first kappa shape index (κ1) is 12.6. The van der Waals surface area contributed by atoms with Gasteiger partial charge in [-0.1, -0.05) is 29.3 Å². The van der Waals surface area contributed by atoms with Crippen molar-refractivity contribution >= 4 is 15.9 Å². The lowest BCUT2D eigenvalue weighted by Gasteiger charge is -2.14. The SMILES string of the molecule is CCCC(O)c1c(Br)ccc2c1OC(F)(F)O2. The molecule has 1 aromatic carbocycles. The summed E-state index contributed by atoms with van der Waals surface area (Å²) in [5.41, 5.74) is 0.307. The van der Waals surface area contributed by atoms with Crippen LogP contribution in [0.4, 0.5) is 8.78 Å². The Morgan fingerprint density at radius 1 is 1.41 bits per heavy atom. The van der Waals surface area contributed by atoms with Crippen LogP contribution in [-0.2, 0) is 0 Å². The van der Waals surface area contributed by atoms with Crippen molar-refractivity contribution in [1.29, 1.82) is 0 Å². The van der Waals surface area contributed by atoms with Crippen LogP contribution in [-0.4, -0.2) is 11.4 Å². The fraction of sp³-hybridized carbons (Fsp3) is 0.455. The first-order valence-electron chi connectivity index (χ1n) is 5.21. The minimum Gasteiger partial charge on any atom is -0.395 e. The predicted molar refractivity (Wildman–Crippen MR) is 60.2 cm³/mol. The van der Waals surface area contributed by atoms with E-state index in [1.54, 1.807) is 6.07 Å². The zero-order valence-electron chi connectivity index (χ0n) is 9.04. The van der Waals surface area contributed by atoms with Crippen LogP contribution in [0.3, 0.4) is 0 Å². The van der Waals surface area contributed by atoms with Crippen LogP contribution >= 0.6 is 15.9 Å². The number of halogens is 3. The van der Waals surface area contributed by atoms with E-state index in [2.05, 4.69) is 25.4 Å². The van der Waals surface area contributed by atoms with E-state index >= 15 is 0 Å². The van der Waals surface area contributed by atoms with Gasteiger partial charge in [0.1, 0.15) is 0 Å². The highest BCUT2D eigenvalue weighted by molar-refractivity contribution is 9.10. The molecular weight excluding hydrogens is 298 g/mol. The second-order valence-electron chi connectivity index (χ2n) is 3.76. The Kier molecular flexibility index (Phi) is 3.27. The number of alkyl halides is 2. The van der Waals surface area contributed by atoms with Crippen molar-refractivity contribution in [1.82, 2.24) is 0 Å². The maximum absolute atomic E-state index is 13.0. The molecule has 17 heavy (non-hydrogen) atoms. The van der Waals surface area contributed by atoms with Crippen LogP contribution in [0.2, 0.25) is 0 Å². The molecular formula is C11H11BrF2O3. The summed E-state index contributed by atoms with van der Waals surface area (Å²) in [6.45, 7) is 1.90. The van der Waals surface area contributed by atoms with Gasteiger partial charge < -0.3 is 14.6 Å². The molecule has 0 radical (unpaired) electrons. The largest absolute Gasteiger partial charge is 0.586 e. The minimum absolute atomic E-state index is 0.0525. The number of rotatable bonds is 3. The third-order valence-corrected chi connectivity index (χ3v) is 3.14. The Balaban J connectivity index is 2.43. The van der Waals surface area contributed by atoms with E-state index in [-0.39, 0.29) is 11.5 Å². The maximum atomic E-state index is 13.0. The first-order chi connectivity index (χ1) is 7.94. The molecule has 0 spiro atoms. The summed E-state index contributed by atoms with van der Waals surface area (Å²) in [5.74, 6) is -0.145. The zero-order chi connectivity index (χ0) is 12.6. The molecule has 1 aliphatic rings. The molecule has 1 aliphatic heterocycles.